The number of ether oxygens (including phenoxy) is 1. The van der Waals surface area contributed by atoms with Gasteiger partial charge < -0.3 is 10.1 Å². The summed E-state index contributed by atoms with van der Waals surface area (Å²) in [5.41, 5.74) is 0.187. The molecule has 0 bridgehead atoms. The molecule has 1 N–H and O–H groups in total. The molecule has 0 aliphatic heterocycles. The molecule has 0 fully saturated rings. The molecule has 2 aromatic rings. The van der Waals surface area contributed by atoms with Crippen molar-refractivity contribution in [3.8, 4) is 5.75 Å². The summed E-state index contributed by atoms with van der Waals surface area (Å²) in [5.74, 6) is 0.641. The average Bonchev–Trinajstić information content (AvgIpc) is 2.46. The zero-order valence-electron chi connectivity index (χ0n) is 11.7. The highest BCUT2D eigenvalue weighted by Crippen LogP contribution is 2.36. The molecule has 0 aliphatic carbocycles. The molecule has 0 radical (unpaired) electrons. The Morgan fingerprint density at radius 1 is 1.00 bits per heavy atom. The lowest BCUT2D eigenvalue weighted by atomic mass is 10.1. The van der Waals surface area contributed by atoms with E-state index in [9.17, 15) is 13.2 Å². The summed E-state index contributed by atoms with van der Waals surface area (Å²) in [4.78, 5) is 0. The van der Waals surface area contributed by atoms with Crippen LogP contribution in [0, 0.1) is 0 Å². The van der Waals surface area contributed by atoms with Crippen molar-refractivity contribution in [3.05, 3.63) is 59.7 Å². The number of halogens is 3. The molecule has 0 heterocycles. The van der Waals surface area contributed by atoms with Crippen LogP contribution in [0.2, 0.25) is 0 Å². The second-order valence-electron chi connectivity index (χ2n) is 4.65. The van der Waals surface area contributed by atoms with Crippen molar-refractivity contribution < 1.29 is 17.9 Å². The maximum atomic E-state index is 13.0. The number of hydrogen-bond acceptors (Lipinski definition) is 2. The lowest BCUT2D eigenvalue weighted by Crippen LogP contribution is -2.14. The molecule has 2 nitrogen and oxygen atoms in total. The largest absolute Gasteiger partial charge is 0.496 e. The van der Waals surface area contributed by atoms with E-state index < -0.39 is 11.7 Å². The molecule has 0 spiro atoms. The van der Waals surface area contributed by atoms with Crippen molar-refractivity contribution in [2.24, 2.45) is 0 Å². The van der Waals surface area contributed by atoms with Crippen molar-refractivity contribution in [1.29, 1.82) is 0 Å². The van der Waals surface area contributed by atoms with Crippen molar-refractivity contribution >= 4 is 5.69 Å². The molecule has 0 aliphatic rings. The first-order valence-electron chi connectivity index (χ1n) is 6.49. The fourth-order valence-corrected chi connectivity index (χ4v) is 2.19. The summed E-state index contributed by atoms with van der Waals surface area (Å²) in [6, 6.07) is 12.4. The Balaban J connectivity index is 2.30. The molecular formula is C16H16F3NO. The van der Waals surface area contributed by atoms with Crippen molar-refractivity contribution in [3.63, 3.8) is 0 Å². The van der Waals surface area contributed by atoms with Crippen LogP contribution < -0.4 is 10.1 Å². The van der Waals surface area contributed by atoms with Crippen molar-refractivity contribution in [1.82, 2.24) is 0 Å². The predicted molar refractivity (Wildman–Crippen MR) is 76.5 cm³/mol. The third-order valence-corrected chi connectivity index (χ3v) is 3.21. The van der Waals surface area contributed by atoms with E-state index >= 15 is 0 Å². The number of rotatable bonds is 4. The van der Waals surface area contributed by atoms with Gasteiger partial charge in [-0.05, 0) is 25.1 Å². The van der Waals surface area contributed by atoms with E-state index in [0.29, 0.717) is 5.75 Å². The molecule has 0 saturated heterocycles. The van der Waals surface area contributed by atoms with Gasteiger partial charge in [0.1, 0.15) is 5.75 Å². The SMILES string of the molecule is COc1ccccc1C(C)Nc1ccccc1C(F)(F)F. The summed E-state index contributed by atoms with van der Waals surface area (Å²) >= 11 is 0. The Bertz CT molecular complexity index is 610. The van der Waals surface area contributed by atoms with E-state index in [1.54, 1.807) is 19.1 Å². The molecule has 5 heteroatoms. The summed E-state index contributed by atoms with van der Waals surface area (Å²) in [6.45, 7) is 1.80. The molecule has 0 amide bonds. The fourth-order valence-electron chi connectivity index (χ4n) is 2.19. The molecule has 0 saturated carbocycles. The van der Waals surface area contributed by atoms with Gasteiger partial charge in [0.2, 0.25) is 0 Å². The van der Waals surface area contributed by atoms with Crippen LogP contribution in [0.25, 0.3) is 0 Å². The Kier molecular flexibility index (Phi) is 4.40. The van der Waals surface area contributed by atoms with E-state index in [2.05, 4.69) is 5.32 Å². The summed E-state index contributed by atoms with van der Waals surface area (Å²) in [5, 5.41) is 2.91. The zero-order valence-corrected chi connectivity index (χ0v) is 11.7. The van der Waals surface area contributed by atoms with E-state index in [0.717, 1.165) is 11.6 Å². The lowest BCUT2D eigenvalue weighted by molar-refractivity contribution is -0.137. The molecule has 2 aromatic carbocycles. The standard InChI is InChI=1S/C16H16F3NO/c1-11(12-7-3-6-10-15(12)21-2)20-14-9-5-4-8-13(14)16(17,18)19/h3-11,20H,1-2H3. The molecular weight excluding hydrogens is 279 g/mol. The highest BCUT2D eigenvalue weighted by atomic mass is 19.4. The topological polar surface area (TPSA) is 21.3 Å². The maximum Gasteiger partial charge on any atom is 0.418 e. The first-order chi connectivity index (χ1) is 9.93. The van der Waals surface area contributed by atoms with Gasteiger partial charge in [0.15, 0.2) is 0 Å². The first kappa shape index (κ1) is 15.2. The monoisotopic (exact) mass is 295 g/mol. The number of methoxy groups -OCH3 is 1. The lowest BCUT2D eigenvalue weighted by Gasteiger charge is -2.21. The Hall–Kier alpha value is -2.17. The van der Waals surface area contributed by atoms with Gasteiger partial charge in [0.05, 0.1) is 18.7 Å². The van der Waals surface area contributed by atoms with Gasteiger partial charge in [-0.25, -0.2) is 0 Å². The number of benzene rings is 2. The minimum Gasteiger partial charge on any atom is -0.496 e. The van der Waals surface area contributed by atoms with Gasteiger partial charge in [-0.3, -0.25) is 0 Å². The minimum atomic E-state index is -4.38. The Morgan fingerprint density at radius 3 is 2.29 bits per heavy atom. The van der Waals surface area contributed by atoms with Gasteiger partial charge in [-0.1, -0.05) is 30.3 Å². The first-order valence-corrected chi connectivity index (χ1v) is 6.49. The van der Waals surface area contributed by atoms with E-state index in [-0.39, 0.29) is 11.7 Å². The van der Waals surface area contributed by atoms with E-state index in [4.69, 9.17) is 4.74 Å². The minimum absolute atomic E-state index is 0.0587. The van der Waals surface area contributed by atoms with Crippen molar-refractivity contribution in [2.75, 3.05) is 12.4 Å². The molecule has 21 heavy (non-hydrogen) atoms. The molecule has 1 unspecified atom stereocenters. The molecule has 112 valence electrons. The van der Waals surface area contributed by atoms with Gasteiger partial charge in [-0.15, -0.1) is 0 Å². The number of para-hydroxylation sites is 2. The van der Waals surface area contributed by atoms with Gasteiger partial charge in [0, 0.05) is 11.3 Å². The summed E-state index contributed by atoms with van der Waals surface area (Å²) < 4.78 is 44.2. The highest BCUT2D eigenvalue weighted by Gasteiger charge is 2.33. The third-order valence-electron chi connectivity index (χ3n) is 3.21. The highest BCUT2D eigenvalue weighted by molar-refractivity contribution is 5.54. The van der Waals surface area contributed by atoms with Crippen LogP contribution in [-0.4, -0.2) is 7.11 Å². The number of nitrogens with one attached hydrogen (secondary N) is 1. The normalized spacial score (nSPS) is 12.8. The van der Waals surface area contributed by atoms with Crippen LogP contribution in [0.5, 0.6) is 5.75 Å². The fraction of sp³-hybridized carbons (Fsp3) is 0.250. The zero-order chi connectivity index (χ0) is 15.5. The van der Waals surface area contributed by atoms with Gasteiger partial charge >= 0.3 is 6.18 Å². The molecule has 2 rings (SSSR count). The second kappa shape index (κ2) is 6.08. The van der Waals surface area contributed by atoms with Crippen LogP contribution in [0.3, 0.4) is 0 Å². The quantitative estimate of drug-likeness (QED) is 0.867. The smallest absolute Gasteiger partial charge is 0.418 e. The number of hydrogen-bond donors (Lipinski definition) is 1. The second-order valence-corrected chi connectivity index (χ2v) is 4.65. The Morgan fingerprint density at radius 2 is 1.62 bits per heavy atom. The van der Waals surface area contributed by atoms with Gasteiger partial charge in [-0.2, -0.15) is 13.2 Å². The van der Waals surface area contributed by atoms with Crippen LogP contribution >= 0.6 is 0 Å². The van der Waals surface area contributed by atoms with E-state index in [1.807, 2.05) is 18.2 Å². The summed E-state index contributed by atoms with van der Waals surface area (Å²) in [7, 11) is 1.54. The molecule has 1 atom stereocenters. The van der Waals surface area contributed by atoms with E-state index in [1.165, 1.54) is 19.2 Å². The van der Waals surface area contributed by atoms with Crippen LogP contribution in [0.1, 0.15) is 24.1 Å². The Labute approximate surface area is 121 Å². The van der Waals surface area contributed by atoms with Gasteiger partial charge in [0.25, 0.3) is 0 Å². The third kappa shape index (κ3) is 3.48. The van der Waals surface area contributed by atoms with Crippen LogP contribution in [-0.2, 0) is 6.18 Å². The average molecular weight is 295 g/mol. The predicted octanol–water partition coefficient (Wildman–Crippen LogP) is 4.89. The van der Waals surface area contributed by atoms with Crippen molar-refractivity contribution in [2.45, 2.75) is 19.1 Å². The van der Waals surface area contributed by atoms with Crippen LogP contribution in [0.15, 0.2) is 48.5 Å². The molecule has 0 aromatic heterocycles. The number of alkyl halides is 3. The maximum absolute atomic E-state index is 13.0. The summed E-state index contributed by atoms with van der Waals surface area (Å²) in [6.07, 6.45) is -4.38. The number of anilines is 1. The van der Waals surface area contributed by atoms with Crippen LogP contribution in [0.4, 0.5) is 18.9 Å².